The van der Waals surface area contributed by atoms with E-state index >= 15 is 0 Å². The van der Waals surface area contributed by atoms with Crippen molar-refractivity contribution in [3.8, 4) is 5.75 Å². The number of nitrogens with one attached hydrogen (secondary N) is 1. The van der Waals surface area contributed by atoms with Crippen LogP contribution in [0.15, 0.2) is 23.0 Å². The molecule has 0 aliphatic heterocycles. The predicted molar refractivity (Wildman–Crippen MR) is 68.3 cm³/mol. The number of aromatic hydroxyl groups is 1. The first kappa shape index (κ1) is 13.1. The lowest BCUT2D eigenvalue weighted by molar-refractivity contribution is 0.0595. The van der Waals surface area contributed by atoms with Crippen LogP contribution in [0.5, 0.6) is 5.75 Å². The second-order valence-electron chi connectivity index (χ2n) is 3.94. The molecule has 1 aromatic carbocycles. The fourth-order valence-electron chi connectivity index (χ4n) is 1.97. The molecular formula is C13H13NO5. The van der Waals surface area contributed by atoms with Gasteiger partial charge in [0.25, 0.3) is 5.56 Å². The molecule has 1 heterocycles. The third-order valence-corrected chi connectivity index (χ3v) is 2.79. The summed E-state index contributed by atoms with van der Waals surface area (Å²) in [5.74, 6) is -1.27. The molecule has 0 aliphatic rings. The normalized spacial score (nSPS) is 10.6. The summed E-state index contributed by atoms with van der Waals surface area (Å²) in [4.78, 5) is 25.9. The van der Waals surface area contributed by atoms with Gasteiger partial charge in [0.1, 0.15) is 5.75 Å². The number of rotatable bonds is 3. The second kappa shape index (κ2) is 5.11. The highest BCUT2D eigenvalue weighted by Crippen LogP contribution is 2.28. The van der Waals surface area contributed by atoms with E-state index < -0.39 is 22.8 Å². The van der Waals surface area contributed by atoms with Crippen LogP contribution in [0.1, 0.15) is 15.9 Å². The number of methoxy groups -OCH3 is 2. The average molecular weight is 263 g/mol. The van der Waals surface area contributed by atoms with Gasteiger partial charge in [-0.05, 0) is 11.6 Å². The summed E-state index contributed by atoms with van der Waals surface area (Å²) in [6.45, 7) is 0.248. The maximum atomic E-state index is 11.8. The summed E-state index contributed by atoms with van der Waals surface area (Å²) in [5, 5.41) is 10.5. The van der Waals surface area contributed by atoms with Gasteiger partial charge in [-0.15, -0.1) is 0 Å². The predicted octanol–water partition coefficient (Wildman–Crippen LogP) is 1.17. The highest BCUT2D eigenvalue weighted by atomic mass is 16.5. The molecule has 2 rings (SSSR count). The number of fused-ring (bicyclic) bond motifs is 1. The zero-order chi connectivity index (χ0) is 14.0. The Hall–Kier alpha value is -2.34. The SMILES string of the molecule is COCc1cccc2[nH]c(=O)c(C(=O)OC)c(O)c12. The molecule has 6 heteroatoms. The summed E-state index contributed by atoms with van der Waals surface area (Å²) < 4.78 is 9.53. The molecule has 100 valence electrons. The van der Waals surface area contributed by atoms with E-state index in [4.69, 9.17) is 4.74 Å². The molecule has 0 bridgehead atoms. The van der Waals surface area contributed by atoms with Crippen LogP contribution in [0.3, 0.4) is 0 Å². The lowest BCUT2D eigenvalue weighted by atomic mass is 10.1. The lowest BCUT2D eigenvalue weighted by Gasteiger charge is -2.09. The first-order valence-corrected chi connectivity index (χ1v) is 5.54. The first-order chi connectivity index (χ1) is 9.10. The summed E-state index contributed by atoms with van der Waals surface area (Å²) in [6.07, 6.45) is 0. The minimum atomic E-state index is -0.882. The fourth-order valence-corrected chi connectivity index (χ4v) is 1.97. The molecule has 0 aliphatic carbocycles. The van der Waals surface area contributed by atoms with Gasteiger partial charge in [0, 0.05) is 12.5 Å². The van der Waals surface area contributed by atoms with Gasteiger partial charge in [-0.2, -0.15) is 0 Å². The van der Waals surface area contributed by atoms with E-state index in [0.717, 1.165) is 7.11 Å². The van der Waals surface area contributed by atoms with Crippen molar-refractivity contribution in [2.75, 3.05) is 14.2 Å². The number of esters is 1. The van der Waals surface area contributed by atoms with Crippen LogP contribution in [0.2, 0.25) is 0 Å². The number of aromatic nitrogens is 1. The van der Waals surface area contributed by atoms with E-state index in [9.17, 15) is 14.7 Å². The van der Waals surface area contributed by atoms with Crippen molar-refractivity contribution in [1.29, 1.82) is 0 Å². The van der Waals surface area contributed by atoms with Gasteiger partial charge in [-0.3, -0.25) is 4.79 Å². The van der Waals surface area contributed by atoms with Crippen LogP contribution in [0, 0.1) is 0 Å². The molecule has 0 amide bonds. The molecule has 2 N–H and O–H groups in total. The zero-order valence-electron chi connectivity index (χ0n) is 10.5. The average Bonchev–Trinajstić information content (AvgIpc) is 2.38. The smallest absolute Gasteiger partial charge is 0.347 e. The maximum Gasteiger partial charge on any atom is 0.347 e. The molecule has 0 saturated carbocycles. The number of hydrogen-bond donors (Lipinski definition) is 2. The molecule has 0 saturated heterocycles. The standard InChI is InChI=1S/C13H13NO5/c1-18-6-7-4-3-5-8-9(7)11(15)10(12(16)14-8)13(17)19-2/h3-5H,6H2,1-2H3,(H2,14,15,16). The van der Waals surface area contributed by atoms with Crippen molar-refractivity contribution in [3.63, 3.8) is 0 Å². The minimum Gasteiger partial charge on any atom is -0.506 e. The number of ether oxygens (including phenoxy) is 2. The Morgan fingerprint density at radius 2 is 2.11 bits per heavy atom. The molecule has 0 unspecified atom stereocenters. The van der Waals surface area contributed by atoms with E-state index in [1.54, 1.807) is 18.2 Å². The summed E-state index contributed by atoms with van der Waals surface area (Å²) in [5.41, 5.74) is 0.00794. The number of aromatic amines is 1. The zero-order valence-corrected chi connectivity index (χ0v) is 10.5. The Kier molecular flexibility index (Phi) is 3.52. The monoisotopic (exact) mass is 263 g/mol. The maximum absolute atomic E-state index is 11.8. The first-order valence-electron chi connectivity index (χ1n) is 5.54. The Balaban J connectivity index is 2.84. The van der Waals surface area contributed by atoms with Crippen LogP contribution in [0.4, 0.5) is 0 Å². The van der Waals surface area contributed by atoms with Crippen molar-refractivity contribution in [3.05, 3.63) is 39.7 Å². The Bertz CT molecular complexity index is 689. The van der Waals surface area contributed by atoms with Crippen molar-refractivity contribution >= 4 is 16.9 Å². The van der Waals surface area contributed by atoms with Gasteiger partial charge in [0.15, 0.2) is 5.56 Å². The summed E-state index contributed by atoms with van der Waals surface area (Å²) >= 11 is 0. The number of hydrogen-bond acceptors (Lipinski definition) is 5. The summed E-state index contributed by atoms with van der Waals surface area (Å²) in [6, 6.07) is 5.10. The lowest BCUT2D eigenvalue weighted by Crippen LogP contribution is -2.19. The molecule has 0 fully saturated rings. The number of carbonyl (C=O) groups excluding carboxylic acids is 1. The Morgan fingerprint density at radius 3 is 2.74 bits per heavy atom. The van der Waals surface area contributed by atoms with E-state index in [1.165, 1.54) is 7.11 Å². The Morgan fingerprint density at radius 1 is 1.37 bits per heavy atom. The van der Waals surface area contributed by atoms with E-state index in [0.29, 0.717) is 16.5 Å². The van der Waals surface area contributed by atoms with Gasteiger partial charge in [0.05, 0.1) is 19.2 Å². The second-order valence-corrected chi connectivity index (χ2v) is 3.94. The van der Waals surface area contributed by atoms with Crippen molar-refractivity contribution in [1.82, 2.24) is 4.98 Å². The molecule has 6 nitrogen and oxygen atoms in total. The van der Waals surface area contributed by atoms with Crippen molar-refractivity contribution in [2.24, 2.45) is 0 Å². The molecule has 0 spiro atoms. The highest BCUT2D eigenvalue weighted by Gasteiger charge is 2.21. The third kappa shape index (κ3) is 2.17. The molecule has 0 radical (unpaired) electrons. The molecular weight excluding hydrogens is 250 g/mol. The van der Waals surface area contributed by atoms with E-state index in [2.05, 4.69) is 9.72 Å². The van der Waals surface area contributed by atoms with Crippen LogP contribution in [-0.2, 0) is 16.1 Å². The van der Waals surface area contributed by atoms with Crippen LogP contribution in [0.25, 0.3) is 10.9 Å². The van der Waals surface area contributed by atoms with Gasteiger partial charge in [-0.1, -0.05) is 12.1 Å². The van der Waals surface area contributed by atoms with Gasteiger partial charge in [0.2, 0.25) is 0 Å². The largest absolute Gasteiger partial charge is 0.506 e. The van der Waals surface area contributed by atoms with E-state index in [1.807, 2.05) is 0 Å². The number of H-pyrrole nitrogens is 1. The fraction of sp³-hybridized carbons (Fsp3) is 0.231. The van der Waals surface area contributed by atoms with Crippen LogP contribution < -0.4 is 5.56 Å². The van der Waals surface area contributed by atoms with Crippen molar-refractivity contribution < 1.29 is 19.4 Å². The minimum absolute atomic E-state index is 0.248. The third-order valence-electron chi connectivity index (χ3n) is 2.79. The Labute approximate surface area is 108 Å². The quantitative estimate of drug-likeness (QED) is 0.811. The van der Waals surface area contributed by atoms with Crippen molar-refractivity contribution in [2.45, 2.75) is 6.61 Å². The summed E-state index contributed by atoms with van der Waals surface area (Å²) in [7, 11) is 2.66. The number of carbonyl (C=O) groups is 1. The topological polar surface area (TPSA) is 88.6 Å². The molecule has 1 aromatic heterocycles. The van der Waals surface area contributed by atoms with Gasteiger partial charge in [-0.25, -0.2) is 4.79 Å². The van der Waals surface area contributed by atoms with Gasteiger partial charge < -0.3 is 19.6 Å². The molecule has 0 atom stereocenters. The number of pyridine rings is 1. The van der Waals surface area contributed by atoms with Crippen LogP contribution >= 0.6 is 0 Å². The van der Waals surface area contributed by atoms with Gasteiger partial charge >= 0.3 is 5.97 Å². The van der Waals surface area contributed by atoms with Crippen LogP contribution in [-0.4, -0.2) is 30.3 Å². The highest BCUT2D eigenvalue weighted by molar-refractivity contribution is 6.00. The number of benzene rings is 1. The molecule has 19 heavy (non-hydrogen) atoms. The van der Waals surface area contributed by atoms with E-state index in [-0.39, 0.29) is 6.61 Å². The molecule has 2 aromatic rings.